The lowest BCUT2D eigenvalue weighted by Gasteiger charge is -2.02. The van der Waals surface area contributed by atoms with Crippen molar-refractivity contribution in [1.29, 1.82) is 0 Å². The summed E-state index contributed by atoms with van der Waals surface area (Å²) in [4.78, 5) is 20.4. The number of carbonyl (C=O) groups excluding carboxylic acids is 2. The molecule has 0 amide bonds. The van der Waals surface area contributed by atoms with Gasteiger partial charge in [-0.15, -0.1) is 0 Å². The number of esters is 1. The topological polar surface area (TPSA) is 43.4 Å². The summed E-state index contributed by atoms with van der Waals surface area (Å²) in [6.45, 7) is 3.65. The van der Waals surface area contributed by atoms with Crippen LogP contribution >= 0.6 is 0 Å². The molecule has 0 aromatic carbocycles. The zero-order valence-electron chi connectivity index (χ0n) is 7.00. The molecule has 0 spiro atoms. The van der Waals surface area contributed by atoms with Crippen LogP contribution in [0.3, 0.4) is 0 Å². The quantitative estimate of drug-likeness (QED) is 0.342. The molecule has 0 aromatic heterocycles. The molecule has 11 heavy (non-hydrogen) atoms. The Hall–Kier alpha value is -0.860. The van der Waals surface area contributed by atoms with E-state index in [1.165, 1.54) is 6.92 Å². The minimum atomic E-state index is -0.260. The molecule has 3 nitrogen and oxygen atoms in total. The smallest absolute Gasteiger partial charge is 0.302 e. The number of rotatable bonds is 5. The number of carbonyl (C=O) groups is 2. The first-order valence-electron chi connectivity index (χ1n) is 3.75. The first-order valence-corrected chi connectivity index (χ1v) is 3.75. The Morgan fingerprint density at radius 2 is 2.27 bits per heavy atom. The molecule has 1 atom stereocenters. The molecule has 1 unspecified atom stereocenters. The molecule has 0 aliphatic rings. The van der Waals surface area contributed by atoms with Gasteiger partial charge in [-0.2, -0.15) is 0 Å². The van der Waals surface area contributed by atoms with Crippen molar-refractivity contribution in [2.24, 2.45) is 5.92 Å². The maximum atomic E-state index is 10.3. The second-order valence-electron chi connectivity index (χ2n) is 2.60. The van der Waals surface area contributed by atoms with Gasteiger partial charge in [-0.3, -0.25) is 4.79 Å². The summed E-state index contributed by atoms with van der Waals surface area (Å²) in [7, 11) is 0. The van der Waals surface area contributed by atoms with Crippen molar-refractivity contribution < 1.29 is 14.3 Å². The summed E-state index contributed by atoms with van der Waals surface area (Å²) in [6, 6.07) is 0. The Morgan fingerprint density at radius 3 is 2.73 bits per heavy atom. The van der Waals surface area contributed by atoms with Crippen molar-refractivity contribution >= 4 is 12.3 Å². The highest BCUT2D eigenvalue weighted by Gasteiger charge is 1.99. The molecule has 0 N–H and O–H groups in total. The van der Waals surface area contributed by atoms with Gasteiger partial charge in [0.1, 0.15) is 6.29 Å². The van der Waals surface area contributed by atoms with Crippen molar-refractivity contribution in [2.45, 2.75) is 26.7 Å². The van der Waals surface area contributed by atoms with Crippen molar-refractivity contribution in [3.63, 3.8) is 0 Å². The van der Waals surface area contributed by atoms with Crippen LogP contribution in [0, 0.1) is 5.92 Å². The van der Waals surface area contributed by atoms with Crippen LogP contribution in [0.5, 0.6) is 0 Å². The Balaban J connectivity index is 3.14. The van der Waals surface area contributed by atoms with Crippen LogP contribution in [0.15, 0.2) is 0 Å². The van der Waals surface area contributed by atoms with E-state index in [9.17, 15) is 9.59 Å². The van der Waals surface area contributed by atoms with Gasteiger partial charge in [-0.05, 0) is 12.8 Å². The van der Waals surface area contributed by atoms with E-state index in [-0.39, 0.29) is 11.9 Å². The first-order chi connectivity index (χ1) is 5.16. The van der Waals surface area contributed by atoms with E-state index in [4.69, 9.17) is 0 Å². The molecule has 0 radical (unpaired) electrons. The van der Waals surface area contributed by atoms with E-state index in [0.717, 1.165) is 19.1 Å². The molecule has 0 heterocycles. The average Bonchev–Trinajstić information content (AvgIpc) is 1.97. The minimum Gasteiger partial charge on any atom is -0.466 e. The van der Waals surface area contributed by atoms with E-state index in [1.54, 1.807) is 0 Å². The van der Waals surface area contributed by atoms with Gasteiger partial charge in [0.05, 0.1) is 6.61 Å². The SMILES string of the molecule is CC(=O)OCCCC(C)C=O. The second-order valence-corrected chi connectivity index (χ2v) is 2.60. The molecular weight excluding hydrogens is 144 g/mol. The molecule has 0 fully saturated rings. The van der Waals surface area contributed by atoms with Crippen molar-refractivity contribution in [3.05, 3.63) is 0 Å². The summed E-state index contributed by atoms with van der Waals surface area (Å²) in [5, 5.41) is 0. The Bertz CT molecular complexity index is 131. The van der Waals surface area contributed by atoms with Gasteiger partial charge in [0.25, 0.3) is 0 Å². The summed E-state index contributed by atoms with van der Waals surface area (Å²) in [6.07, 6.45) is 2.46. The molecule has 3 heteroatoms. The van der Waals surface area contributed by atoms with Gasteiger partial charge >= 0.3 is 5.97 Å². The van der Waals surface area contributed by atoms with E-state index in [1.807, 2.05) is 6.92 Å². The fourth-order valence-corrected chi connectivity index (χ4v) is 0.689. The van der Waals surface area contributed by atoms with Crippen LogP contribution in [-0.4, -0.2) is 18.9 Å². The summed E-state index contributed by atoms with van der Waals surface area (Å²) in [5.41, 5.74) is 0. The molecule has 64 valence electrons. The number of hydrogen-bond donors (Lipinski definition) is 0. The highest BCUT2D eigenvalue weighted by atomic mass is 16.5. The fraction of sp³-hybridized carbons (Fsp3) is 0.750. The summed E-state index contributed by atoms with van der Waals surface area (Å²) >= 11 is 0. The standard InChI is InChI=1S/C8H14O3/c1-7(6-9)4-3-5-11-8(2)10/h6-7H,3-5H2,1-2H3. The van der Waals surface area contributed by atoms with Crippen LogP contribution in [0.4, 0.5) is 0 Å². The van der Waals surface area contributed by atoms with E-state index < -0.39 is 0 Å². The van der Waals surface area contributed by atoms with E-state index >= 15 is 0 Å². The third kappa shape index (κ3) is 7.03. The Kier molecular flexibility index (Phi) is 5.43. The molecule has 0 aliphatic carbocycles. The van der Waals surface area contributed by atoms with Gasteiger partial charge in [0.15, 0.2) is 0 Å². The molecule has 0 aliphatic heterocycles. The largest absolute Gasteiger partial charge is 0.466 e. The average molecular weight is 158 g/mol. The third-order valence-corrected chi connectivity index (χ3v) is 1.34. The van der Waals surface area contributed by atoms with Crippen LogP contribution in [0.1, 0.15) is 26.7 Å². The normalized spacial score (nSPS) is 12.2. The van der Waals surface area contributed by atoms with Crippen molar-refractivity contribution in [3.8, 4) is 0 Å². The lowest BCUT2D eigenvalue weighted by Crippen LogP contribution is -2.03. The Labute approximate surface area is 66.7 Å². The van der Waals surface area contributed by atoms with Gasteiger partial charge in [-0.1, -0.05) is 6.92 Å². The summed E-state index contributed by atoms with van der Waals surface area (Å²) in [5.74, 6) is -0.186. The van der Waals surface area contributed by atoms with Crippen LogP contribution < -0.4 is 0 Å². The highest BCUT2D eigenvalue weighted by molar-refractivity contribution is 5.65. The molecule has 0 saturated carbocycles. The zero-order chi connectivity index (χ0) is 8.69. The number of ether oxygens (including phenoxy) is 1. The first kappa shape index (κ1) is 10.1. The lowest BCUT2D eigenvalue weighted by molar-refractivity contribution is -0.141. The molecule has 0 bridgehead atoms. The molecule has 0 saturated heterocycles. The minimum absolute atomic E-state index is 0.0746. The fourth-order valence-electron chi connectivity index (χ4n) is 0.689. The second kappa shape index (κ2) is 5.89. The van der Waals surface area contributed by atoms with Gasteiger partial charge in [-0.25, -0.2) is 0 Å². The van der Waals surface area contributed by atoms with E-state index in [0.29, 0.717) is 6.61 Å². The molecule has 0 rings (SSSR count). The van der Waals surface area contributed by atoms with Crippen LogP contribution in [-0.2, 0) is 14.3 Å². The number of hydrogen-bond acceptors (Lipinski definition) is 3. The number of aldehydes is 1. The monoisotopic (exact) mass is 158 g/mol. The maximum Gasteiger partial charge on any atom is 0.302 e. The predicted octanol–water partition coefficient (Wildman–Crippen LogP) is 1.16. The third-order valence-electron chi connectivity index (χ3n) is 1.34. The molecule has 0 aromatic rings. The van der Waals surface area contributed by atoms with Gasteiger partial charge < -0.3 is 9.53 Å². The van der Waals surface area contributed by atoms with Crippen molar-refractivity contribution in [1.82, 2.24) is 0 Å². The predicted molar refractivity (Wildman–Crippen MR) is 41.1 cm³/mol. The van der Waals surface area contributed by atoms with Crippen LogP contribution in [0.2, 0.25) is 0 Å². The van der Waals surface area contributed by atoms with E-state index in [2.05, 4.69) is 4.74 Å². The van der Waals surface area contributed by atoms with Crippen LogP contribution in [0.25, 0.3) is 0 Å². The summed E-state index contributed by atoms with van der Waals surface area (Å²) < 4.78 is 4.68. The van der Waals surface area contributed by atoms with Gasteiger partial charge in [0.2, 0.25) is 0 Å². The zero-order valence-corrected chi connectivity index (χ0v) is 7.00. The maximum absolute atomic E-state index is 10.3. The van der Waals surface area contributed by atoms with Gasteiger partial charge in [0, 0.05) is 12.8 Å². The Morgan fingerprint density at radius 1 is 1.64 bits per heavy atom. The van der Waals surface area contributed by atoms with Crippen molar-refractivity contribution in [2.75, 3.05) is 6.61 Å². The lowest BCUT2D eigenvalue weighted by atomic mass is 10.1. The highest BCUT2D eigenvalue weighted by Crippen LogP contribution is 2.01. The molecular formula is C8H14O3.